The summed E-state index contributed by atoms with van der Waals surface area (Å²) in [6, 6.07) is 3.73. The molecule has 0 aliphatic carbocycles. The third-order valence-electron chi connectivity index (χ3n) is 3.42. The van der Waals surface area contributed by atoms with E-state index in [1.807, 2.05) is 25.3 Å². The molecule has 0 aliphatic heterocycles. The number of hydrogen-bond acceptors (Lipinski definition) is 4. The Morgan fingerprint density at radius 2 is 2.00 bits per heavy atom. The third-order valence-corrected chi connectivity index (χ3v) is 4.27. The van der Waals surface area contributed by atoms with Crippen LogP contribution in [0.1, 0.15) is 31.3 Å². The average molecular weight is 308 g/mol. The molecule has 0 radical (unpaired) electrons. The van der Waals surface area contributed by atoms with Crippen molar-refractivity contribution in [1.82, 2.24) is 9.47 Å². The minimum absolute atomic E-state index is 0.00856. The third kappa shape index (κ3) is 3.10. The minimum atomic E-state index is -0.381. The molecule has 0 atom stereocenters. The zero-order valence-electron chi connectivity index (χ0n) is 12.6. The van der Waals surface area contributed by atoms with E-state index in [-0.39, 0.29) is 18.4 Å². The SMILES string of the molecule is CCOC(=O)c1cc2sccc2n1CC(=O)N(CC)CC. The van der Waals surface area contributed by atoms with Crippen LogP contribution in [0.2, 0.25) is 0 Å². The molecular weight excluding hydrogens is 288 g/mol. The second-order valence-electron chi connectivity index (χ2n) is 4.57. The summed E-state index contributed by atoms with van der Waals surface area (Å²) in [5.74, 6) is -0.373. The Kier molecular flexibility index (Phi) is 5.01. The fourth-order valence-corrected chi connectivity index (χ4v) is 3.16. The highest BCUT2D eigenvalue weighted by atomic mass is 32.1. The number of amides is 1. The summed E-state index contributed by atoms with van der Waals surface area (Å²) in [4.78, 5) is 26.1. The first-order chi connectivity index (χ1) is 10.1. The van der Waals surface area contributed by atoms with E-state index in [4.69, 9.17) is 4.74 Å². The summed E-state index contributed by atoms with van der Waals surface area (Å²) < 4.78 is 7.83. The van der Waals surface area contributed by atoms with E-state index in [1.54, 1.807) is 33.8 Å². The van der Waals surface area contributed by atoms with Gasteiger partial charge < -0.3 is 14.2 Å². The van der Waals surface area contributed by atoms with Crippen LogP contribution in [-0.2, 0) is 16.1 Å². The van der Waals surface area contributed by atoms with Crippen molar-refractivity contribution in [1.29, 1.82) is 0 Å². The van der Waals surface area contributed by atoms with E-state index >= 15 is 0 Å². The first kappa shape index (κ1) is 15.6. The van der Waals surface area contributed by atoms with E-state index in [1.165, 1.54) is 0 Å². The van der Waals surface area contributed by atoms with Crippen molar-refractivity contribution in [2.75, 3.05) is 19.7 Å². The predicted octanol–water partition coefficient (Wildman–Crippen LogP) is 2.75. The molecule has 21 heavy (non-hydrogen) atoms. The van der Waals surface area contributed by atoms with Gasteiger partial charge in [0, 0.05) is 13.1 Å². The van der Waals surface area contributed by atoms with Gasteiger partial charge in [-0.15, -0.1) is 11.3 Å². The molecule has 0 fully saturated rings. The van der Waals surface area contributed by atoms with E-state index in [2.05, 4.69) is 0 Å². The van der Waals surface area contributed by atoms with Crippen molar-refractivity contribution < 1.29 is 14.3 Å². The number of ether oxygens (including phenoxy) is 1. The van der Waals surface area contributed by atoms with Crippen LogP contribution in [-0.4, -0.2) is 41.0 Å². The van der Waals surface area contributed by atoms with Crippen LogP contribution in [0.3, 0.4) is 0 Å². The molecule has 6 heteroatoms. The van der Waals surface area contributed by atoms with Gasteiger partial charge in [-0.3, -0.25) is 4.79 Å². The van der Waals surface area contributed by atoms with Crippen LogP contribution < -0.4 is 0 Å². The summed E-state index contributed by atoms with van der Waals surface area (Å²) in [5.41, 5.74) is 1.35. The number of rotatable bonds is 6. The van der Waals surface area contributed by atoms with Gasteiger partial charge in [0.2, 0.25) is 5.91 Å². The average Bonchev–Trinajstić information content (AvgIpc) is 3.03. The van der Waals surface area contributed by atoms with E-state index < -0.39 is 0 Å². The van der Waals surface area contributed by atoms with Crippen LogP contribution in [0.5, 0.6) is 0 Å². The standard InChI is InChI=1S/C15H20N2O3S/c1-4-16(5-2)14(18)10-17-11-7-8-21-13(11)9-12(17)15(19)20-6-3/h7-9H,4-6,10H2,1-3H3. The Bertz CT molecular complexity index is 640. The quantitative estimate of drug-likeness (QED) is 0.771. The highest BCUT2D eigenvalue weighted by Crippen LogP contribution is 2.26. The molecule has 0 saturated carbocycles. The maximum atomic E-state index is 12.3. The number of aromatic nitrogens is 1. The van der Waals surface area contributed by atoms with Gasteiger partial charge in [0.25, 0.3) is 0 Å². The van der Waals surface area contributed by atoms with Crippen LogP contribution in [0.25, 0.3) is 10.2 Å². The zero-order chi connectivity index (χ0) is 15.4. The number of likely N-dealkylation sites (N-methyl/N-ethyl adjacent to an activating group) is 1. The molecule has 2 rings (SSSR count). The number of hydrogen-bond donors (Lipinski definition) is 0. The molecule has 2 heterocycles. The second-order valence-corrected chi connectivity index (χ2v) is 5.52. The highest BCUT2D eigenvalue weighted by Gasteiger charge is 2.20. The van der Waals surface area contributed by atoms with Gasteiger partial charge in [-0.05, 0) is 38.3 Å². The number of nitrogens with zero attached hydrogens (tertiary/aromatic N) is 2. The Hall–Kier alpha value is -1.82. The Balaban J connectivity index is 2.36. The molecule has 1 amide bonds. The smallest absolute Gasteiger partial charge is 0.355 e. The fraction of sp³-hybridized carbons (Fsp3) is 0.467. The molecule has 2 aromatic rings. The molecule has 114 valence electrons. The van der Waals surface area contributed by atoms with Crippen molar-refractivity contribution in [3.05, 3.63) is 23.2 Å². The number of esters is 1. The van der Waals surface area contributed by atoms with Gasteiger partial charge in [-0.25, -0.2) is 4.79 Å². The van der Waals surface area contributed by atoms with Crippen LogP contribution >= 0.6 is 11.3 Å². The Labute approximate surface area is 128 Å². The zero-order valence-corrected chi connectivity index (χ0v) is 13.4. The largest absolute Gasteiger partial charge is 0.461 e. The maximum Gasteiger partial charge on any atom is 0.355 e. The lowest BCUT2D eigenvalue weighted by molar-refractivity contribution is -0.131. The topological polar surface area (TPSA) is 51.5 Å². The molecule has 2 aromatic heterocycles. The molecule has 0 saturated heterocycles. The van der Waals surface area contributed by atoms with Gasteiger partial charge in [0.05, 0.1) is 16.8 Å². The predicted molar refractivity (Wildman–Crippen MR) is 83.7 cm³/mol. The molecule has 0 bridgehead atoms. The number of carbonyl (C=O) groups is 2. The van der Waals surface area contributed by atoms with E-state index in [9.17, 15) is 9.59 Å². The Morgan fingerprint density at radius 3 is 2.62 bits per heavy atom. The summed E-state index contributed by atoms with van der Waals surface area (Å²) >= 11 is 1.55. The first-order valence-electron chi connectivity index (χ1n) is 7.13. The molecule has 0 unspecified atom stereocenters. The van der Waals surface area contributed by atoms with E-state index in [0.717, 1.165) is 10.2 Å². The van der Waals surface area contributed by atoms with Crippen LogP contribution in [0.4, 0.5) is 0 Å². The molecule has 0 spiro atoms. The Morgan fingerprint density at radius 1 is 1.29 bits per heavy atom. The monoisotopic (exact) mass is 308 g/mol. The first-order valence-corrected chi connectivity index (χ1v) is 8.01. The maximum absolute atomic E-state index is 12.3. The van der Waals surface area contributed by atoms with Crippen LogP contribution in [0.15, 0.2) is 17.5 Å². The molecular formula is C15H20N2O3S. The number of thiophene rings is 1. The van der Waals surface area contributed by atoms with Gasteiger partial charge in [-0.2, -0.15) is 0 Å². The van der Waals surface area contributed by atoms with Gasteiger partial charge >= 0.3 is 5.97 Å². The highest BCUT2D eigenvalue weighted by molar-refractivity contribution is 7.17. The van der Waals surface area contributed by atoms with E-state index in [0.29, 0.717) is 25.4 Å². The second kappa shape index (κ2) is 6.76. The molecule has 0 aromatic carbocycles. The van der Waals surface area contributed by atoms with Gasteiger partial charge in [0.1, 0.15) is 12.2 Å². The van der Waals surface area contributed by atoms with Crippen molar-refractivity contribution >= 4 is 33.4 Å². The molecule has 0 aliphatic rings. The summed E-state index contributed by atoms with van der Waals surface area (Å²) in [6.45, 7) is 7.48. The lowest BCUT2D eigenvalue weighted by Gasteiger charge is -2.19. The van der Waals surface area contributed by atoms with Crippen molar-refractivity contribution in [3.8, 4) is 0 Å². The van der Waals surface area contributed by atoms with Crippen molar-refractivity contribution in [3.63, 3.8) is 0 Å². The summed E-state index contributed by atoms with van der Waals surface area (Å²) in [7, 11) is 0. The van der Waals surface area contributed by atoms with Crippen molar-refractivity contribution in [2.45, 2.75) is 27.3 Å². The van der Waals surface area contributed by atoms with Crippen LogP contribution in [0, 0.1) is 0 Å². The number of carbonyl (C=O) groups excluding carboxylic acids is 2. The lowest BCUT2D eigenvalue weighted by atomic mass is 10.4. The van der Waals surface area contributed by atoms with Crippen molar-refractivity contribution in [2.24, 2.45) is 0 Å². The molecule has 0 N–H and O–H groups in total. The summed E-state index contributed by atoms with van der Waals surface area (Å²) in [6.07, 6.45) is 0. The fourth-order valence-electron chi connectivity index (χ4n) is 2.33. The van der Waals surface area contributed by atoms with Gasteiger partial charge in [0.15, 0.2) is 0 Å². The normalized spacial score (nSPS) is 10.8. The summed E-state index contributed by atoms with van der Waals surface area (Å²) in [5, 5.41) is 1.96. The molecule has 5 nitrogen and oxygen atoms in total. The number of fused-ring (bicyclic) bond motifs is 1. The van der Waals surface area contributed by atoms with Gasteiger partial charge in [-0.1, -0.05) is 0 Å². The lowest BCUT2D eigenvalue weighted by Crippen LogP contribution is -2.34. The minimum Gasteiger partial charge on any atom is -0.461 e.